The molecule has 4 heterocycles. The van der Waals surface area contributed by atoms with Crippen molar-refractivity contribution in [2.75, 3.05) is 23.3 Å². The highest BCUT2D eigenvalue weighted by molar-refractivity contribution is 6.61. The number of halogens is 1. The molecule has 2 aromatic heterocycles. The molecule has 218 valence electrons. The summed E-state index contributed by atoms with van der Waals surface area (Å²) < 4.78 is 12.1. The molecule has 0 amide bonds. The summed E-state index contributed by atoms with van der Waals surface area (Å²) in [6.45, 7) is 14.6. The fourth-order valence-corrected chi connectivity index (χ4v) is 6.42. The van der Waals surface area contributed by atoms with Crippen molar-refractivity contribution >= 4 is 46.7 Å². The summed E-state index contributed by atoms with van der Waals surface area (Å²) in [5, 5.41) is 14.8. The maximum Gasteiger partial charge on any atom is 0.491 e. The molecule has 2 aliphatic rings. The normalized spacial score (nSPS) is 17.0. The number of aryl methyl sites for hydroxylation is 1. The number of nitrogens with one attached hydrogen (secondary N) is 1. The number of fused-ring (bicyclic) bond motifs is 2. The first-order valence-electron chi connectivity index (χ1n) is 14.6. The third kappa shape index (κ3) is 5.10. The van der Waals surface area contributed by atoms with Crippen LogP contribution in [-0.4, -0.2) is 30.2 Å². The van der Waals surface area contributed by atoms with Crippen LogP contribution in [0.2, 0.25) is 5.15 Å². The lowest BCUT2D eigenvalue weighted by Crippen LogP contribution is -2.38. The average Bonchev–Trinajstić information content (AvgIpc) is 3.33. The Labute approximate surface area is 252 Å². The number of pyridine rings is 1. The van der Waals surface area contributed by atoms with Gasteiger partial charge in [-0.25, -0.2) is 4.98 Å². The van der Waals surface area contributed by atoms with Crippen molar-refractivity contribution < 1.29 is 14.1 Å². The van der Waals surface area contributed by atoms with Gasteiger partial charge in [-0.05, 0) is 86.3 Å². The molecule has 1 fully saturated rings. The summed E-state index contributed by atoms with van der Waals surface area (Å²) >= 11 is 6.40. The zero-order valence-corrected chi connectivity index (χ0v) is 25.9. The fraction of sp³-hybridized carbons (Fsp3) is 0.394. The molecule has 0 spiro atoms. The van der Waals surface area contributed by atoms with E-state index in [1.807, 2.05) is 45.0 Å². The van der Waals surface area contributed by atoms with Gasteiger partial charge in [-0.1, -0.05) is 43.6 Å². The van der Waals surface area contributed by atoms with Crippen LogP contribution in [0.15, 0.2) is 45.6 Å². The van der Waals surface area contributed by atoms with Crippen LogP contribution < -0.4 is 21.1 Å². The number of benzene rings is 2. The summed E-state index contributed by atoms with van der Waals surface area (Å²) in [4.78, 5) is 20.6. The topological polar surface area (TPSA) is 87.8 Å². The molecule has 0 bridgehead atoms. The molecule has 0 saturated carbocycles. The van der Waals surface area contributed by atoms with Crippen LogP contribution in [0.3, 0.4) is 0 Å². The number of hydrogen-bond donors (Lipinski definition) is 2. The second kappa shape index (κ2) is 10.7. The van der Waals surface area contributed by atoms with Gasteiger partial charge in [-0.3, -0.25) is 4.79 Å². The van der Waals surface area contributed by atoms with Gasteiger partial charge in [0.1, 0.15) is 10.7 Å². The van der Waals surface area contributed by atoms with Gasteiger partial charge in [0, 0.05) is 24.2 Å². The Kier molecular flexibility index (Phi) is 7.36. The first-order valence-corrected chi connectivity index (χ1v) is 15.0. The molecule has 0 unspecified atom stereocenters. The van der Waals surface area contributed by atoms with Crippen LogP contribution in [-0.2, 0) is 11.3 Å². The maximum absolute atomic E-state index is 13.7. The van der Waals surface area contributed by atoms with Gasteiger partial charge in [0.05, 0.1) is 35.0 Å². The van der Waals surface area contributed by atoms with Gasteiger partial charge >= 0.3 is 7.12 Å². The molecule has 0 radical (unpaired) electrons. The van der Waals surface area contributed by atoms with E-state index in [0.29, 0.717) is 39.9 Å². The molecule has 7 nitrogen and oxygen atoms in total. The minimum atomic E-state index is -0.910. The number of nitrogens with zero attached hydrogens (tertiary/aromatic N) is 2. The van der Waals surface area contributed by atoms with E-state index < -0.39 is 7.12 Å². The fourth-order valence-electron chi connectivity index (χ4n) is 6.27. The standard InChI is InChI=1S/C33H37BClN3O4/c1-18-15-23(31-24(16-18)30(39)20(3)32(42-31)38-13-11-33(5,6)12-14-38)21(4)36-27-9-10-28(35)37-29(27)22-7-8-26-25(19(22)2)17-41-34(26)40/h7-10,15-16,21,36,40H,11-14,17H2,1-6H3/t21-/m1/s1. The average molecular weight is 586 g/mol. The molecule has 0 aliphatic carbocycles. The summed E-state index contributed by atoms with van der Waals surface area (Å²) in [5.74, 6) is 0.673. The van der Waals surface area contributed by atoms with Gasteiger partial charge in [0.25, 0.3) is 0 Å². The smallest absolute Gasteiger partial charge is 0.440 e. The van der Waals surface area contributed by atoms with Gasteiger partial charge in [-0.2, -0.15) is 0 Å². The van der Waals surface area contributed by atoms with E-state index in [-0.39, 0.29) is 16.9 Å². The number of hydrogen-bond acceptors (Lipinski definition) is 7. The van der Waals surface area contributed by atoms with E-state index in [1.165, 1.54) is 0 Å². The Bertz CT molecular complexity index is 1760. The predicted molar refractivity (Wildman–Crippen MR) is 171 cm³/mol. The van der Waals surface area contributed by atoms with Crippen LogP contribution >= 0.6 is 11.6 Å². The molecule has 4 aromatic rings. The van der Waals surface area contributed by atoms with Crippen molar-refractivity contribution in [3.63, 3.8) is 0 Å². The largest absolute Gasteiger partial charge is 0.491 e. The molecular formula is C33H37BClN3O4. The highest BCUT2D eigenvalue weighted by Crippen LogP contribution is 2.38. The molecule has 42 heavy (non-hydrogen) atoms. The van der Waals surface area contributed by atoms with Crippen molar-refractivity contribution in [3.05, 3.63) is 79.6 Å². The van der Waals surface area contributed by atoms with Crippen molar-refractivity contribution in [2.24, 2.45) is 5.41 Å². The number of piperidine rings is 1. The van der Waals surface area contributed by atoms with Gasteiger partial charge in [0.2, 0.25) is 5.88 Å². The summed E-state index contributed by atoms with van der Waals surface area (Å²) in [6.07, 6.45) is 2.10. The zero-order valence-electron chi connectivity index (χ0n) is 25.1. The summed E-state index contributed by atoms with van der Waals surface area (Å²) in [6, 6.07) is 11.3. The number of rotatable bonds is 5. The Balaban J connectivity index is 1.41. The van der Waals surface area contributed by atoms with E-state index >= 15 is 0 Å². The van der Waals surface area contributed by atoms with Crippen molar-refractivity contribution in [1.29, 1.82) is 0 Å². The Morgan fingerprint density at radius 1 is 1.10 bits per heavy atom. The Morgan fingerprint density at radius 3 is 2.57 bits per heavy atom. The van der Waals surface area contributed by atoms with Crippen LogP contribution in [0.1, 0.15) is 67.5 Å². The van der Waals surface area contributed by atoms with Crippen molar-refractivity contribution in [1.82, 2.24) is 4.98 Å². The van der Waals surface area contributed by atoms with E-state index in [0.717, 1.165) is 64.9 Å². The lowest BCUT2D eigenvalue weighted by molar-refractivity contribution is 0.274. The molecule has 9 heteroatoms. The quantitative estimate of drug-likeness (QED) is 0.206. The van der Waals surface area contributed by atoms with E-state index in [9.17, 15) is 9.82 Å². The van der Waals surface area contributed by atoms with Crippen LogP contribution in [0, 0.1) is 26.2 Å². The SMILES string of the molecule is Cc1cc([C@@H](C)Nc2ccc(Cl)nc2-c2ccc3c(c2C)COB3O)c2oc(N3CCC(C)(C)CC3)c(C)c(=O)c2c1. The second-order valence-electron chi connectivity index (χ2n) is 12.6. The van der Waals surface area contributed by atoms with E-state index in [2.05, 4.69) is 37.1 Å². The number of aromatic nitrogens is 1. The minimum Gasteiger partial charge on any atom is -0.440 e. The molecule has 2 N–H and O–H groups in total. The summed E-state index contributed by atoms with van der Waals surface area (Å²) in [7, 11) is -0.910. The molecule has 6 rings (SSSR count). The first-order chi connectivity index (χ1) is 19.9. The zero-order chi connectivity index (χ0) is 29.9. The summed E-state index contributed by atoms with van der Waals surface area (Å²) in [5.41, 5.74) is 8.64. The van der Waals surface area contributed by atoms with Crippen LogP contribution in [0.25, 0.3) is 22.2 Å². The van der Waals surface area contributed by atoms with Gasteiger partial charge < -0.3 is 24.3 Å². The lowest BCUT2D eigenvalue weighted by Gasteiger charge is -2.37. The monoisotopic (exact) mass is 585 g/mol. The molecular weight excluding hydrogens is 549 g/mol. The van der Waals surface area contributed by atoms with Gasteiger partial charge in [-0.15, -0.1) is 0 Å². The molecule has 1 saturated heterocycles. The Morgan fingerprint density at radius 2 is 1.83 bits per heavy atom. The van der Waals surface area contributed by atoms with E-state index in [1.54, 1.807) is 6.07 Å². The number of anilines is 2. The molecule has 1 atom stereocenters. The first kappa shape index (κ1) is 28.8. The van der Waals surface area contributed by atoms with Crippen molar-refractivity contribution in [2.45, 2.75) is 67.0 Å². The minimum absolute atomic E-state index is 0.0141. The highest BCUT2D eigenvalue weighted by atomic mass is 35.5. The van der Waals surface area contributed by atoms with Gasteiger partial charge in [0.15, 0.2) is 5.43 Å². The van der Waals surface area contributed by atoms with Crippen LogP contribution in [0.5, 0.6) is 0 Å². The Hall–Kier alpha value is -3.33. The highest BCUT2D eigenvalue weighted by Gasteiger charge is 2.31. The third-order valence-electron chi connectivity index (χ3n) is 9.01. The van der Waals surface area contributed by atoms with E-state index in [4.69, 9.17) is 25.7 Å². The molecule has 2 aromatic carbocycles. The third-order valence-corrected chi connectivity index (χ3v) is 9.22. The lowest BCUT2D eigenvalue weighted by atomic mass is 9.77. The second-order valence-corrected chi connectivity index (χ2v) is 13.0. The molecule has 2 aliphatic heterocycles. The van der Waals surface area contributed by atoms with Crippen molar-refractivity contribution in [3.8, 4) is 11.3 Å². The maximum atomic E-state index is 13.7. The van der Waals surface area contributed by atoms with Crippen LogP contribution in [0.4, 0.5) is 11.6 Å². The predicted octanol–water partition coefficient (Wildman–Crippen LogP) is 6.45.